The molecule has 0 spiro atoms. The molecule has 3 fully saturated rings. The molecule has 0 amide bonds. The molecule has 0 aliphatic carbocycles. The minimum Gasteiger partial charge on any atom is -0.489 e. The van der Waals surface area contributed by atoms with Gasteiger partial charge in [-0.15, -0.1) is 0 Å². The summed E-state index contributed by atoms with van der Waals surface area (Å²) in [5.41, 5.74) is 14.3. The van der Waals surface area contributed by atoms with Gasteiger partial charge in [0.05, 0.1) is 15.4 Å². The highest BCUT2D eigenvalue weighted by molar-refractivity contribution is 7.99. The van der Waals surface area contributed by atoms with Crippen LogP contribution in [-0.2, 0) is 6.61 Å². The number of nitrogens with two attached hydrogens (primary N) is 2. The third-order valence-corrected chi connectivity index (χ3v) is 12.5. The van der Waals surface area contributed by atoms with E-state index in [1.54, 1.807) is 6.07 Å². The average molecular weight is 968 g/mol. The number of anilines is 4. The second-order valence-corrected chi connectivity index (χ2v) is 17.7. The predicted octanol–water partition coefficient (Wildman–Crippen LogP) is 9.34. The molecular weight excluding hydrogens is 908 g/mol. The number of fused-ring (bicyclic) bond motifs is 1. The van der Waals surface area contributed by atoms with E-state index in [2.05, 4.69) is 54.3 Å². The molecule has 0 unspecified atom stereocenters. The zero-order chi connectivity index (χ0) is 43.7. The number of nitro groups is 2. The van der Waals surface area contributed by atoms with E-state index in [9.17, 15) is 20.2 Å². The first-order chi connectivity index (χ1) is 30.1. The molecule has 2 aromatic carbocycles. The molecule has 9 rings (SSSR count). The van der Waals surface area contributed by atoms with Gasteiger partial charge in [-0.05, 0) is 54.1 Å². The summed E-state index contributed by atoms with van der Waals surface area (Å²) < 4.78 is 5.87. The van der Waals surface area contributed by atoms with Crippen LogP contribution in [0.3, 0.4) is 0 Å². The van der Waals surface area contributed by atoms with Gasteiger partial charge in [-0.1, -0.05) is 64.2 Å². The minimum atomic E-state index is -0.612. The second-order valence-electron chi connectivity index (χ2n) is 13.6. The van der Waals surface area contributed by atoms with Crippen LogP contribution in [0.2, 0.25) is 5.15 Å². The number of aromatic nitrogens is 5. The smallest absolute Gasteiger partial charge is 0.311 e. The van der Waals surface area contributed by atoms with Crippen LogP contribution in [-0.4, -0.2) is 109 Å². The Morgan fingerprint density at radius 3 is 1.68 bits per heavy atom. The van der Waals surface area contributed by atoms with Crippen molar-refractivity contribution in [3.63, 3.8) is 0 Å². The molecule has 65 heavy (non-hydrogen) atoms. The van der Waals surface area contributed by atoms with Gasteiger partial charge in [0.15, 0.2) is 5.65 Å². The SMILES string of the molecule is C.C.C.C1CSCCN1.Nc1nc(Cl)ccc1[N+](=O)[O-].Nc1nc(N2CCSCC2)ccc1[N+](=O)[O-].c1ccc(COc2ccc(-c3nc4nc(N5CCSCC5)ccc4[nH]3)cc2)cc1. The van der Waals surface area contributed by atoms with Gasteiger partial charge in [-0.2, -0.15) is 35.3 Å². The van der Waals surface area contributed by atoms with Crippen molar-refractivity contribution in [3.05, 3.63) is 122 Å². The standard InChI is InChI=1S/C23H22N4OS.C9H12N4O2S.C5H4ClN3O2.C4H9NS.3CH4/c1-2-4-17(5-3-1)16-28-19-8-6-18(7-9-19)22-24-20-10-11-21(25-23(20)26-22)27-12-14-29-15-13-27;10-9-7(13(14)15)1-2-8(11-9)12-3-5-16-6-4-12;6-4-2-1-3(9(10)11)5(7)8-4;1-3-6-4-2-5-1;;;/h1-11H,12-16H2,(H,24,25,26);1-2H,3-6H2,(H2,10,11);1-2H,(H2,7,8);5H,1-4H2;3*1H4. The fraction of sp³-hybridized carbons (Fsp3) is 0.364. The maximum atomic E-state index is 10.6. The Morgan fingerprint density at radius 1 is 0.646 bits per heavy atom. The lowest BCUT2D eigenvalue weighted by Gasteiger charge is -2.27. The molecule has 3 saturated heterocycles. The highest BCUT2D eigenvalue weighted by atomic mass is 35.5. The third-order valence-electron chi connectivity index (χ3n) is 9.37. The maximum absolute atomic E-state index is 10.6. The number of H-pyrrole nitrogens is 1. The molecule has 6 N–H and O–H groups in total. The number of thioether (sulfide) groups is 3. The highest BCUT2D eigenvalue weighted by Crippen LogP contribution is 2.27. The Balaban J connectivity index is 0.000000263. The first kappa shape index (κ1) is 53.8. The van der Waals surface area contributed by atoms with E-state index in [-0.39, 0.29) is 50.4 Å². The minimum absolute atomic E-state index is 0. The summed E-state index contributed by atoms with van der Waals surface area (Å²) in [7, 11) is 0. The number of nitrogens with one attached hydrogen (secondary N) is 2. The van der Waals surface area contributed by atoms with Gasteiger partial charge in [0.25, 0.3) is 0 Å². The first-order valence-electron chi connectivity index (χ1n) is 19.7. The molecule has 17 nitrogen and oxygen atoms in total. The van der Waals surface area contributed by atoms with Gasteiger partial charge in [0, 0.05) is 91.5 Å². The summed E-state index contributed by atoms with van der Waals surface area (Å²) in [6.45, 7) is 6.90. The Morgan fingerprint density at radius 2 is 1.17 bits per heavy atom. The number of ether oxygens (including phenoxy) is 1. The van der Waals surface area contributed by atoms with Gasteiger partial charge >= 0.3 is 11.4 Å². The van der Waals surface area contributed by atoms with Crippen molar-refractivity contribution in [1.29, 1.82) is 0 Å². The molecule has 6 aromatic rings. The summed E-state index contributed by atoms with van der Waals surface area (Å²) in [5, 5.41) is 24.2. The molecule has 3 aliphatic rings. The van der Waals surface area contributed by atoms with Crippen LogP contribution in [0.4, 0.5) is 34.6 Å². The molecule has 3 aliphatic heterocycles. The first-order valence-corrected chi connectivity index (χ1v) is 23.5. The highest BCUT2D eigenvalue weighted by Gasteiger charge is 2.18. The number of hydrogen-bond acceptors (Lipinski definition) is 17. The lowest BCUT2D eigenvalue weighted by atomic mass is 10.2. The predicted molar refractivity (Wildman–Crippen MR) is 275 cm³/mol. The number of nitrogen functional groups attached to an aromatic ring is 2. The van der Waals surface area contributed by atoms with Crippen LogP contribution in [0, 0.1) is 20.2 Å². The number of halogens is 1. The molecule has 0 radical (unpaired) electrons. The van der Waals surface area contributed by atoms with Crippen molar-refractivity contribution in [2.45, 2.75) is 28.9 Å². The van der Waals surface area contributed by atoms with E-state index in [0.29, 0.717) is 6.61 Å². The molecule has 7 heterocycles. The largest absolute Gasteiger partial charge is 0.489 e. The van der Waals surface area contributed by atoms with Gasteiger partial charge in [-0.3, -0.25) is 20.2 Å². The van der Waals surface area contributed by atoms with E-state index < -0.39 is 9.85 Å². The van der Waals surface area contributed by atoms with E-state index in [1.807, 2.05) is 77.8 Å². The Hall–Kier alpha value is -5.54. The number of rotatable bonds is 8. The van der Waals surface area contributed by atoms with Crippen LogP contribution < -0.4 is 31.3 Å². The summed E-state index contributed by atoms with van der Waals surface area (Å²) >= 11 is 11.3. The van der Waals surface area contributed by atoms with Crippen molar-refractivity contribution in [3.8, 4) is 17.1 Å². The summed E-state index contributed by atoms with van der Waals surface area (Å²) in [6, 6.07) is 28.0. The molecule has 0 atom stereocenters. The number of nitrogens with zero attached hydrogens (tertiary/aromatic N) is 8. The third kappa shape index (κ3) is 16.4. The topological polar surface area (TPSA) is 233 Å². The fourth-order valence-corrected chi connectivity index (χ4v) is 8.87. The summed E-state index contributed by atoms with van der Waals surface area (Å²) in [6.07, 6.45) is 0. The van der Waals surface area contributed by atoms with E-state index in [4.69, 9.17) is 37.8 Å². The van der Waals surface area contributed by atoms with E-state index >= 15 is 0 Å². The lowest BCUT2D eigenvalue weighted by Crippen LogP contribution is -2.33. The lowest BCUT2D eigenvalue weighted by molar-refractivity contribution is -0.384. The van der Waals surface area contributed by atoms with Gasteiger partial charge in [0.1, 0.15) is 35.0 Å². The number of aromatic amines is 1. The van der Waals surface area contributed by atoms with Gasteiger partial charge < -0.3 is 36.3 Å². The van der Waals surface area contributed by atoms with Crippen LogP contribution in [0.1, 0.15) is 27.8 Å². The Labute approximate surface area is 398 Å². The number of pyridine rings is 3. The number of hydrogen-bond donors (Lipinski definition) is 4. The van der Waals surface area contributed by atoms with E-state index in [1.165, 1.54) is 42.8 Å². The molecule has 4 aromatic heterocycles. The Kier molecular flexibility index (Phi) is 22.9. The van der Waals surface area contributed by atoms with Gasteiger partial charge in [0.2, 0.25) is 11.6 Å². The zero-order valence-electron chi connectivity index (χ0n) is 33.7. The monoisotopic (exact) mass is 966 g/mol. The molecule has 21 heteroatoms. The number of benzene rings is 2. The van der Waals surface area contributed by atoms with Crippen molar-refractivity contribution in [2.75, 3.05) is 95.1 Å². The molecule has 0 saturated carbocycles. The second kappa shape index (κ2) is 27.7. The normalized spacial score (nSPS) is 14.2. The van der Waals surface area contributed by atoms with Crippen LogP contribution in [0.25, 0.3) is 22.6 Å². The van der Waals surface area contributed by atoms with Crippen molar-refractivity contribution in [2.24, 2.45) is 0 Å². The Bertz CT molecular complexity index is 2360. The van der Waals surface area contributed by atoms with Crippen molar-refractivity contribution >= 4 is 92.7 Å². The summed E-state index contributed by atoms with van der Waals surface area (Å²) in [5.74, 6) is 10.3. The van der Waals surface area contributed by atoms with E-state index in [0.717, 1.165) is 94.7 Å². The van der Waals surface area contributed by atoms with Crippen LogP contribution in [0.5, 0.6) is 5.75 Å². The molecular formula is C44H59ClN12O5S3. The van der Waals surface area contributed by atoms with Crippen LogP contribution in [0.15, 0.2) is 91.0 Å². The fourth-order valence-electron chi connectivity index (χ4n) is 6.13. The van der Waals surface area contributed by atoms with Crippen molar-refractivity contribution in [1.82, 2.24) is 30.2 Å². The van der Waals surface area contributed by atoms with Gasteiger partial charge in [-0.25, -0.2) is 19.9 Å². The quantitative estimate of drug-likeness (QED) is 0.0632. The average Bonchev–Trinajstić information content (AvgIpc) is 3.74. The zero-order valence-corrected chi connectivity index (χ0v) is 36.9. The van der Waals surface area contributed by atoms with Crippen LogP contribution >= 0.6 is 46.9 Å². The number of imidazole rings is 1. The van der Waals surface area contributed by atoms with Crippen molar-refractivity contribution < 1.29 is 14.6 Å². The molecule has 350 valence electrons. The summed E-state index contributed by atoms with van der Waals surface area (Å²) in [4.78, 5) is 44.5. The maximum Gasteiger partial charge on any atom is 0.311 e. The molecule has 0 bridgehead atoms.